The Kier molecular flexibility index (Phi) is 6.61. The van der Waals surface area contributed by atoms with Crippen LogP contribution in [0.3, 0.4) is 0 Å². The predicted molar refractivity (Wildman–Crippen MR) is 64.7 cm³/mol. The summed E-state index contributed by atoms with van der Waals surface area (Å²) >= 11 is 0. The number of rotatable bonds is 5. The second-order valence-electron chi connectivity index (χ2n) is 4.89. The van der Waals surface area contributed by atoms with Crippen LogP contribution in [0, 0.1) is 0 Å². The minimum atomic E-state index is -0.693. The van der Waals surface area contributed by atoms with Gasteiger partial charge < -0.3 is 14.8 Å². The predicted octanol–water partition coefficient (Wildman–Crippen LogP) is 2.24. The highest BCUT2D eigenvalue weighted by atomic mass is 16.6. The quantitative estimate of drug-likeness (QED) is 0.596. The Labute approximate surface area is 103 Å². The molecule has 0 aromatic rings. The van der Waals surface area contributed by atoms with Crippen molar-refractivity contribution in [2.24, 2.45) is 0 Å². The molecule has 0 radical (unpaired) electrons. The maximum atomic E-state index is 11.4. The van der Waals surface area contributed by atoms with Gasteiger partial charge in [-0.2, -0.15) is 0 Å². The number of carbonyl (C=O) groups excluding carboxylic acids is 2. The minimum absolute atomic E-state index is 0.385. The van der Waals surface area contributed by atoms with Crippen molar-refractivity contribution in [1.29, 1.82) is 0 Å². The smallest absolute Gasteiger partial charge is 0.408 e. The second kappa shape index (κ2) is 7.14. The molecular formula is C12H23NO4. The van der Waals surface area contributed by atoms with Crippen LogP contribution in [0.2, 0.25) is 0 Å². The highest BCUT2D eigenvalue weighted by Gasteiger charge is 2.21. The highest BCUT2D eigenvalue weighted by molar-refractivity contribution is 5.80. The van der Waals surface area contributed by atoms with Crippen molar-refractivity contribution >= 4 is 12.1 Å². The van der Waals surface area contributed by atoms with Crippen LogP contribution in [-0.4, -0.2) is 30.3 Å². The Hall–Kier alpha value is -1.26. The molecule has 0 aliphatic carbocycles. The van der Waals surface area contributed by atoms with Crippen molar-refractivity contribution in [3.8, 4) is 0 Å². The molecule has 0 aliphatic rings. The Morgan fingerprint density at radius 1 is 1.29 bits per heavy atom. The van der Waals surface area contributed by atoms with Crippen molar-refractivity contribution < 1.29 is 19.1 Å². The van der Waals surface area contributed by atoms with E-state index in [0.717, 1.165) is 12.8 Å². The maximum absolute atomic E-state index is 11.4. The number of unbranched alkanes of at least 4 members (excludes halogenated alkanes) is 1. The van der Waals surface area contributed by atoms with Gasteiger partial charge in [0.1, 0.15) is 11.6 Å². The summed E-state index contributed by atoms with van der Waals surface area (Å²) in [5.74, 6) is -0.440. The van der Waals surface area contributed by atoms with Crippen LogP contribution in [0.1, 0.15) is 47.5 Å². The van der Waals surface area contributed by atoms with Gasteiger partial charge in [0.25, 0.3) is 0 Å². The molecule has 0 aromatic heterocycles. The summed E-state index contributed by atoms with van der Waals surface area (Å²) in [4.78, 5) is 22.8. The van der Waals surface area contributed by atoms with Gasteiger partial charge in [-0.1, -0.05) is 13.3 Å². The lowest BCUT2D eigenvalue weighted by Gasteiger charge is -2.21. The van der Waals surface area contributed by atoms with Crippen molar-refractivity contribution in [3.05, 3.63) is 0 Å². The molecule has 0 heterocycles. The Morgan fingerprint density at radius 2 is 1.88 bits per heavy atom. The van der Waals surface area contributed by atoms with Gasteiger partial charge in [0.15, 0.2) is 0 Å². The Morgan fingerprint density at radius 3 is 2.35 bits per heavy atom. The molecule has 0 saturated carbocycles. The number of ether oxygens (including phenoxy) is 2. The number of nitrogens with one attached hydrogen (secondary N) is 1. The van der Waals surface area contributed by atoms with Crippen LogP contribution in [-0.2, 0) is 14.3 Å². The zero-order valence-electron chi connectivity index (χ0n) is 11.3. The lowest BCUT2D eigenvalue weighted by molar-refractivity contribution is -0.145. The van der Waals surface area contributed by atoms with E-state index in [9.17, 15) is 9.59 Å². The van der Waals surface area contributed by atoms with E-state index >= 15 is 0 Å². The molecule has 0 unspecified atom stereocenters. The summed E-state index contributed by atoms with van der Waals surface area (Å²) in [6.45, 7) is 9.24. The third-order valence-corrected chi connectivity index (χ3v) is 1.83. The van der Waals surface area contributed by atoms with Crippen LogP contribution in [0.4, 0.5) is 4.79 Å². The zero-order chi connectivity index (χ0) is 13.5. The summed E-state index contributed by atoms with van der Waals surface area (Å²) in [6.07, 6.45) is 1.17. The fraction of sp³-hybridized carbons (Fsp3) is 0.833. The van der Waals surface area contributed by atoms with Crippen molar-refractivity contribution in [2.45, 2.75) is 59.1 Å². The molecule has 100 valence electrons. The van der Waals surface area contributed by atoms with Crippen LogP contribution >= 0.6 is 0 Å². The fourth-order valence-electron chi connectivity index (χ4n) is 0.985. The first-order chi connectivity index (χ1) is 7.76. The van der Waals surface area contributed by atoms with Crippen molar-refractivity contribution in [1.82, 2.24) is 5.32 Å². The van der Waals surface area contributed by atoms with Gasteiger partial charge in [0.2, 0.25) is 0 Å². The number of alkyl carbamates (subject to hydrolysis) is 1. The fourth-order valence-corrected chi connectivity index (χ4v) is 0.985. The number of esters is 1. The second-order valence-corrected chi connectivity index (χ2v) is 4.89. The summed E-state index contributed by atoms with van der Waals surface area (Å²) < 4.78 is 9.99. The van der Waals surface area contributed by atoms with E-state index in [1.165, 1.54) is 0 Å². The summed E-state index contributed by atoms with van der Waals surface area (Å²) in [6, 6.07) is -0.693. The Bertz CT molecular complexity index is 258. The topological polar surface area (TPSA) is 64.6 Å². The van der Waals surface area contributed by atoms with Crippen LogP contribution in [0.25, 0.3) is 0 Å². The summed E-state index contributed by atoms with van der Waals surface area (Å²) in [5, 5.41) is 2.43. The van der Waals surface area contributed by atoms with E-state index < -0.39 is 23.7 Å². The lowest BCUT2D eigenvalue weighted by Crippen LogP contribution is -2.42. The van der Waals surface area contributed by atoms with E-state index in [1.807, 2.05) is 6.92 Å². The van der Waals surface area contributed by atoms with Crippen LogP contribution < -0.4 is 5.32 Å². The van der Waals surface area contributed by atoms with E-state index in [0.29, 0.717) is 6.61 Å². The highest BCUT2D eigenvalue weighted by Crippen LogP contribution is 2.06. The number of hydrogen-bond donors (Lipinski definition) is 1. The SMILES string of the molecule is CCCCOC(=O)[C@H](C)NC(=O)OC(C)(C)C. The zero-order valence-corrected chi connectivity index (χ0v) is 11.3. The molecule has 0 bridgehead atoms. The van der Waals surface area contributed by atoms with Gasteiger partial charge in [0, 0.05) is 0 Å². The largest absolute Gasteiger partial charge is 0.464 e. The third kappa shape index (κ3) is 8.54. The van der Waals surface area contributed by atoms with Crippen molar-refractivity contribution in [2.75, 3.05) is 6.61 Å². The lowest BCUT2D eigenvalue weighted by atomic mass is 10.2. The van der Waals surface area contributed by atoms with Crippen LogP contribution in [0.5, 0.6) is 0 Å². The Balaban J connectivity index is 3.95. The summed E-state index contributed by atoms with van der Waals surface area (Å²) in [7, 11) is 0. The monoisotopic (exact) mass is 245 g/mol. The molecule has 1 amide bonds. The maximum Gasteiger partial charge on any atom is 0.408 e. The molecule has 0 rings (SSSR count). The number of hydrogen-bond acceptors (Lipinski definition) is 4. The first-order valence-corrected chi connectivity index (χ1v) is 5.92. The normalized spacial score (nSPS) is 12.8. The van der Waals surface area contributed by atoms with E-state index in [1.54, 1.807) is 27.7 Å². The molecular weight excluding hydrogens is 222 g/mol. The van der Waals surface area contributed by atoms with Gasteiger partial charge in [-0.3, -0.25) is 0 Å². The molecule has 0 saturated heterocycles. The standard InChI is InChI=1S/C12H23NO4/c1-6-7-8-16-10(14)9(2)13-11(15)17-12(3,4)5/h9H,6-8H2,1-5H3,(H,13,15)/t9-/m0/s1. The first kappa shape index (κ1) is 15.7. The van der Waals surface area contributed by atoms with Crippen LogP contribution in [0.15, 0.2) is 0 Å². The van der Waals surface area contributed by atoms with E-state index in [4.69, 9.17) is 9.47 Å². The number of carbonyl (C=O) groups is 2. The third-order valence-electron chi connectivity index (χ3n) is 1.83. The summed E-state index contributed by atoms with van der Waals surface area (Å²) in [5.41, 5.74) is -0.573. The van der Waals surface area contributed by atoms with E-state index in [2.05, 4.69) is 5.32 Å². The van der Waals surface area contributed by atoms with E-state index in [-0.39, 0.29) is 0 Å². The molecule has 1 N–H and O–H groups in total. The first-order valence-electron chi connectivity index (χ1n) is 5.92. The molecule has 0 aromatic carbocycles. The average Bonchev–Trinajstić information content (AvgIpc) is 2.14. The minimum Gasteiger partial charge on any atom is -0.464 e. The van der Waals surface area contributed by atoms with Gasteiger partial charge >= 0.3 is 12.1 Å². The molecule has 0 spiro atoms. The average molecular weight is 245 g/mol. The van der Waals surface area contributed by atoms with Crippen molar-refractivity contribution in [3.63, 3.8) is 0 Å². The van der Waals surface area contributed by atoms with Gasteiger partial charge in [-0.25, -0.2) is 9.59 Å². The molecule has 17 heavy (non-hydrogen) atoms. The number of amides is 1. The molecule has 1 atom stereocenters. The molecule has 0 fully saturated rings. The van der Waals surface area contributed by atoms with Gasteiger partial charge in [0.05, 0.1) is 6.61 Å². The molecule has 0 aliphatic heterocycles. The van der Waals surface area contributed by atoms with Gasteiger partial charge in [-0.15, -0.1) is 0 Å². The van der Waals surface area contributed by atoms with Gasteiger partial charge in [-0.05, 0) is 34.1 Å². The molecule has 5 nitrogen and oxygen atoms in total. The molecule has 5 heteroatoms.